The number of nitrogens with one attached hydrogen (secondary N) is 1. The molecule has 2 aliphatic heterocycles. The lowest BCUT2D eigenvalue weighted by molar-refractivity contribution is 0.438. The average molecular weight is 469 g/mol. The molecule has 0 aliphatic carbocycles. The van der Waals surface area contributed by atoms with Crippen molar-refractivity contribution in [2.75, 3.05) is 22.9 Å². The van der Waals surface area contributed by atoms with E-state index in [1.807, 2.05) is 18.3 Å². The Kier molecular flexibility index (Phi) is 5.87. The monoisotopic (exact) mass is 468 g/mol. The van der Waals surface area contributed by atoms with Crippen LogP contribution in [0.1, 0.15) is 42.4 Å². The predicted octanol–water partition coefficient (Wildman–Crippen LogP) is 6.21. The molecular formula is C24H25ClN4S2. The summed E-state index contributed by atoms with van der Waals surface area (Å²) in [6.07, 6.45) is 4.26. The molecule has 2 fully saturated rings. The van der Waals surface area contributed by atoms with E-state index in [0.29, 0.717) is 5.11 Å². The first kappa shape index (κ1) is 20.7. The van der Waals surface area contributed by atoms with Gasteiger partial charge in [-0.05, 0) is 72.8 Å². The number of pyridine rings is 1. The van der Waals surface area contributed by atoms with Gasteiger partial charge in [-0.25, -0.2) is 0 Å². The zero-order valence-corrected chi connectivity index (χ0v) is 19.8. The molecule has 4 heterocycles. The molecule has 2 saturated heterocycles. The number of benzene rings is 1. The van der Waals surface area contributed by atoms with Crippen LogP contribution in [0.4, 0.5) is 11.4 Å². The second-order valence-corrected chi connectivity index (χ2v) is 10.1. The summed E-state index contributed by atoms with van der Waals surface area (Å²) in [6.45, 7) is 4.44. The predicted molar refractivity (Wildman–Crippen MR) is 134 cm³/mol. The fraction of sp³-hybridized carbons (Fsp3) is 0.333. The third-order valence-electron chi connectivity index (χ3n) is 6.27. The fourth-order valence-corrected chi connectivity index (χ4v) is 6.03. The lowest BCUT2D eigenvalue weighted by Crippen LogP contribution is -2.33. The summed E-state index contributed by atoms with van der Waals surface area (Å²) in [5, 5.41) is 7.09. The molecule has 1 N–H and O–H groups in total. The summed E-state index contributed by atoms with van der Waals surface area (Å²) >= 11 is 14.4. The molecule has 2 atom stereocenters. The van der Waals surface area contributed by atoms with Crippen molar-refractivity contribution in [3.8, 4) is 0 Å². The van der Waals surface area contributed by atoms with Gasteiger partial charge in [0.1, 0.15) is 0 Å². The highest BCUT2D eigenvalue weighted by atomic mass is 35.5. The molecule has 0 spiro atoms. The molecule has 7 heteroatoms. The minimum Gasteiger partial charge on any atom is -0.370 e. The Morgan fingerprint density at radius 1 is 1.13 bits per heavy atom. The SMILES string of the molecule is CC1CCN(c2ccc(N3C(=S)N[C@H](c4ccccn4)[C@H]3c3cccs3)cc2Cl)CC1. The number of hydrogen-bond acceptors (Lipinski definition) is 4. The Morgan fingerprint density at radius 2 is 1.97 bits per heavy atom. The number of anilines is 2. The number of thiocarbonyl (C=S) groups is 1. The largest absolute Gasteiger partial charge is 0.370 e. The number of nitrogens with zero attached hydrogens (tertiary/aromatic N) is 3. The fourth-order valence-electron chi connectivity index (χ4n) is 4.53. The van der Waals surface area contributed by atoms with Crippen LogP contribution in [-0.2, 0) is 0 Å². The number of rotatable bonds is 4. The molecule has 0 saturated carbocycles. The summed E-state index contributed by atoms with van der Waals surface area (Å²) in [6, 6.07) is 16.6. The molecule has 4 nitrogen and oxygen atoms in total. The van der Waals surface area contributed by atoms with Crippen LogP contribution >= 0.6 is 35.2 Å². The zero-order chi connectivity index (χ0) is 21.4. The van der Waals surface area contributed by atoms with Gasteiger partial charge in [0.2, 0.25) is 0 Å². The summed E-state index contributed by atoms with van der Waals surface area (Å²) in [7, 11) is 0. The van der Waals surface area contributed by atoms with Gasteiger partial charge in [-0.3, -0.25) is 4.98 Å². The van der Waals surface area contributed by atoms with Gasteiger partial charge < -0.3 is 15.1 Å². The van der Waals surface area contributed by atoms with Crippen molar-refractivity contribution in [2.24, 2.45) is 5.92 Å². The third kappa shape index (κ3) is 4.04. The molecule has 160 valence electrons. The van der Waals surface area contributed by atoms with Crippen LogP contribution < -0.4 is 15.1 Å². The van der Waals surface area contributed by atoms with Crippen LogP contribution in [0.5, 0.6) is 0 Å². The molecule has 0 radical (unpaired) electrons. The maximum absolute atomic E-state index is 6.81. The molecule has 2 aromatic heterocycles. The van der Waals surface area contributed by atoms with Crippen LogP contribution in [0.15, 0.2) is 60.1 Å². The van der Waals surface area contributed by atoms with Gasteiger partial charge in [-0.15, -0.1) is 11.3 Å². The van der Waals surface area contributed by atoms with Gasteiger partial charge in [0, 0.05) is 29.9 Å². The van der Waals surface area contributed by atoms with Crippen molar-refractivity contribution < 1.29 is 0 Å². The van der Waals surface area contributed by atoms with E-state index < -0.39 is 0 Å². The molecule has 1 aromatic carbocycles. The maximum Gasteiger partial charge on any atom is 0.174 e. The zero-order valence-electron chi connectivity index (χ0n) is 17.4. The number of piperidine rings is 1. The molecule has 2 aliphatic rings. The van der Waals surface area contributed by atoms with E-state index in [1.54, 1.807) is 11.3 Å². The van der Waals surface area contributed by atoms with E-state index in [2.05, 4.69) is 68.8 Å². The quantitative estimate of drug-likeness (QED) is 0.460. The van der Waals surface area contributed by atoms with Crippen molar-refractivity contribution in [1.82, 2.24) is 10.3 Å². The van der Waals surface area contributed by atoms with Gasteiger partial charge in [-0.2, -0.15) is 0 Å². The number of halogens is 1. The van der Waals surface area contributed by atoms with E-state index >= 15 is 0 Å². The number of aromatic nitrogens is 1. The van der Waals surface area contributed by atoms with Crippen LogP contribution in [0.25, 0.3) is 0 Å². The van der Waals surface area contributed by atoms with Gasteiger partial charge >= 0.3 is 0 Å². The number of hydrogen-bond donors (Lipinski definition) is 1. The number of thiophene rings is 1. The lowest BCUT2D eigenvalue weighted by atomic mass is 9.98. The van der Waals surface area contributed by atoms with E-state index in [-0.39, 0.29) is 12.1 Å². The Balaban J connectivity index is 1.49. The minimum atomic E-state index is -0.0191. The molecular weight excluding hydrogens is 444 g/mol. The molecule has 31 heavy (non-hydrogen) atoms. The normalized spacial score (nSPS) is 22.1. The van der Waals surface area contributed by atoms with E-state index in [0.717, 1.165) is 41.1 Å². The highest BCUT2D eigenvalue weighted by molar-refractivity contribution is 7.80. The Morgan fingerprint density at radius 3 is 2.65 bits per heavy atom. The Labute approximate surface area is 197 Å². The van der Waals surface area contributed by atoms with Gasteiger partial charge in [0.25, 0.3) is 0 Å². The molecule has 5 rings (SSSR count). The van der Waals surface area contributed by atoms with Crippen molar-refractivity contribution >= 4 is 51.6 Å². The van der Waals surface area contributed by atoms with Gasteiger partial charge in [-0.1, -0.05) is 30.7 Å². The van der Waals surface area contributed by atoms with Crippen molar-refractivity contribution in [2.45, 2.75) is 31.8 Å². The molecule has 0 bridgehead atoms. The molecule has 3 aromatic rings. The van der Waals surface area contributed by atoms with Crippen molar-refractivity contribution in [3.63, 3.8) is 0 Å². The average Bonchev–Trinajstić information content (AvgIpc) is 3.43. The van der Waals surface area contributed by atoms with E-state index in [9.17, 15) is 0 Å². The second-order valence-electron chi connectivity index (χ2n) is 8.32. The smallest absolute Gasteiger partial charge is 0.174 e. The molecule has 0 unspecified atom stereocenters. The van der Waals surface area contributed by atoms with Gasteiger partial charge in [0.05, 0.1) is 28.5 Å². The third-order valence-corrected chi connectivity index (χ3v) is 7.83. The van der Waals surface area contributed by atoms with Gasteiger partial charge in [0.15, 0.2) is 5.11 Å². The van der Waals surface area contributed by atoms with Crippen LogP contribution in [-0.4, -0.2) is 23.2 Å². The van der Waals surface area contributed by atoms with Crippen molar-refractivity contribution in [3.05, 3.63) is 75.7 Å². The first-order chi connectivity index (χ1) is 15.1. The summed E-state index contributed by atoms with van der Waals surface area (Å²) < 4.78 is 0. The second kappa shape index (κ2) is 8.77. The maximum atomic E-state index is 6.81. The standard InChI is InChI=1S/C24H25ClN4S2/c1-16-9-12-28(13-10-16)20-8-7-17(15-18(20)25)29-23(21-6-4-14-31-21)22(27-24(29)30)19-5-2-3-11-26-19/h2-8,11,14-16,22-23H,9-10,12-13H2,1H3,(H,27,30)/t22-,23-/m1/s1. The minimum absolute atomic E-state index is 0.0191. The topological polar surface area (TPSA) is 31.4 Å². The lowest BCUT2D eigenvalue weighted by Gasteiger charge is -2.33. The summed E-state index contributed by atoms with van der Waals surface area (Å²) in [4.78, 5) is 10.4. The summed E-state index contributed by atoms with van der Waals surface area (Å²) in [5.74, 6) is 0.789. The highest BCUT2D eigenvalue weighted by Crippen LogP contribution is 2.44. The highest BCUT2D eigenvalue weighted by Gasteiger charge is 2.41. The van der Waals surface area contributed by atoms with E-state index in [4.69, 9.17) is 23.8 Å². The molecule has 0 amide bonds. The van der Waals surface area contributed by atoms with Crippen LogP contribution in [0.2, 0.25) is 5.02 Å². The first-order valence-corrected chi connectivity index (χ1v) is 12.4. The summed E-state index contributed by atoms with van der Waals surface area (Å²) in [5.41, 5.74) is 3.11. The van der Waals surface area contributed by atoms with Crippen LogP contribution in [0.3, 0.4) is 0 Å². The van der Waals surface area contributed by atoms with Crippen LogP contribution in [0, 0.1) is 5.92 Å². The Bertz CT molecular complexity index is 1050. The van der Waals surface area contributed by atoms with E-state index in [1.165, 1.54) is 17.7 Å². The first-order valence-electron chi connectivity index (χ1n) is 10.7. The Hall–Kier alpha value is -2.15. The van der Waals surface area contributed by atoms with Crippen molar-refractivity contribution in [1.29, 1.82) is 0 Å².